The van der Waals surface area contributed by atoms with Crippen molar-refractivity contribution in [1.29, 1.82) is 0 Å². The average Bonchev–Trinajstić information content (AvgIpc) is 2.82. The van der Waals surface area contributed by atoms with Crippen LogP contribution in [-0.4, -0.2) is 35.9 Å². The number of benzene rings is 3. The van der Waals surface area contributed by atoms with Crippen molar-refractivity contribution >= 4 is 16.7 Å². The van der Waals surface area contributed by atoms with Crippen LogP contribution in [0.1, 0.15) is 17.3 Å². The van der Waals surface area contributed by atoms with Gasteiger partial charge < -0.3 is 14.8 Å². The predicted octanol–water partition coefficient (Wildman–Crippen LogP) is 4.50. The fraction of sp³-hybridized carbons (Fsp3) is 0.160. The average molecular weight is 413 g/mol. The molecule has 0 radical (unpaired) electrons. The van der Waals surface area contributed by atoms with Crippen molar-refractivity contribution in [3.8, 4) is 22.9 Å². The molecule has 31 heavy (non-hydrogen) atoms. The second-order valence-corrected chi connectivity index (χ2v) is 6.82. The van der Waals surface area contributed by atoms with Gasteiger partial charge in [0.2, 0.25) is 5.88 Å². The molecule has 0 aliphatic rings. The van der Waals surface area contributed by atoms with Crippen molar-refractivity contribution in [3.05, 3.63) is 84.4 Å². The minimum atomic E-state index is -0.200. The van der Waals surface area contributed by atoms with Crippen molar-refractivity contribution in [2.75, 3.05) is 19.8 Å². The molecule has 1 amide bonds. The van der Waals surface area contributed by atoms with Crippen LogP contribution in [0, 0.1) is 0 Å². The van der Waals surface area contributed by atoms with E-state index >= 15 is 0 Å². The molecule has 0 spiro atoms. The van der Waals surface area contributed by atoms with Crippen molar-refractivity contribution in [3.63, 3.8) is 0 Å². The van der Waals surface area contributed by atoms with E-state index in [0.717, 1.165) is 22.0 Å². The Morgan fingerprint density at radius 3 is 2.45 bits per heavy atom. The molecule has 0 fully saturated rings. The SMILES string of the molecule is CCOc1ccc2ccccc2c1C(=O)NCCOc1ccc(-c2ccccc2)nn1. The smallest absolute Gasteiger partial charge is 0.255 e. The molecular weight excluding hydrogens is 390 g/mol. The molecule has 3 aromatic carbocycles. The summed E-state index contributed by atoms with van der Waals surface area (Å²) in [6.45, 7) is 2.99. The topological polar surface area (TPSA) is 73.3 Å². The number of amides is 1. The highest BCUT2D eigenvalue weighted by Gasteiger charge is 2.16. The molecule has 0 saturated heterocycles. The molecule has 0 saturated carbocycles. The van der Waals surface area contributed by atoms with E-state index in [0.29, 0.717) is 30.3 Å². The molecular formula is C25H23N3O3. The Hall–Kier alpha value is -3.93. The molecule has 1 aromatic heterocycles. The van der Waals surface area contributed by atoms with Crippen molar-refractivity contribution < 1.29 is 14.3 Å². The monoisotopic (exact) mass is 413 g/mol. The highest BCUT2D eigenvalue weighted by Crippen LogP contribution is 2.28. The molecule has 0 atom stereocenters. The molecule has 1 N–H and O–H groups in total. The number of nitrogens with zero attached hydrogens (tertiary/aromatic N) is 2. The fourth-order valence-electron chi connectivity index (χ4n) is 3.33. The number of fused-ring (bicyclic) bond motifs is 1. The maximum Gasteiger partial charge on any atom is 0.255 e. The lowest BCUT2D eigenvalue weighted by Gasteiger charge is -2.13. The standard InChI is InChI=1S/C25H23N3O3/c1-2-30-22-14-12-18-8-6-7-11-20(18)24(22)25(29)26-16-17-31-23-15-13-21(27-28-23)19-9-4-3-5-10-19/h3-15H,2,16-17H2,1H3,(H,26,29). The van der Waals surface area contributed by atoms with Crippen LogP contribution in [0.2, 0.25) is 0 Å². The Morgan fingerprint density at radius 1 is 0.871 bits per heavy atom. The highest BCUT2D eigenvalue weighted by molar-refractivity contribution is 6.09. The third-order valence-corrected chi connectivity index (χ3v) is 4.76. The molecule has 0 bridgehead atoms. The zero-order chi connectivity index (χ0) is 21.5. The van der Waals surface area contributed by atoms with Crippen molar-refractivity contribution in [1.82, 2.24) is 15.5 Å². The number of hydrogen-bond acceptors (Lipinski definition) is 5. The van der Waals surface area contributed by atoms with Crippen LogP contribution in [0.25, 0.3) is 22.0 Å². The number of carbonyl (C=O) groups is 1. The first-order valence-electron chi connectivity index (χ1n) is 10.2. The summed E-state index contributed by atoms with van der Waals surface area (Å²) in [5, 5.41) is 13.1. The first kappa shape index (κ1) is 20.3. The summed E-state index contributed by atoms with van der Waals surface area (Å²) in [7, 11) is 0. The summed E-state index contributed by atoms with van der Waals surface area (Å²) in [6, 6.07) is 25.0. The molecule has 156 valence electrons. The molecule has 0 aliphatic heterocycles. The molecule has 0 aliphatic carbocycles. The second-order valence-electron chi connectivity index (χ2n) is 6.82. The Bertz CT molecular complexity index is 1160. The van der Waals surface area contributed by atoms with Crippen LogP contribution in [-0.2, 0) is 0 Å². The van der Waals surface area contributed by atoms with Gasteiger partial charge in [-0.3, -0.25) is 4.79 Å². The van der Waals surface area contributed by atoms with Gasteiger partial charge in [-0.2, -0.15) is 0 Å². The maximum atomic E-state index is 12.9. The molecule has 4 aromatic rings. The number of ether oxygens (including phenoxy) is 2. The number of aromatic nitrogens is 2. The Labute approximate surface area is 180 Å². The van der Waals surface area contributed by atoms with E-state index in [1.54, 1.807) is 6.07 Å². The second kappa shape index (κ2) is 9.71. The first-order valence-corrected chi connectivity index (χ1v) is 10.2. The molecule has 6 heteroatoms. The zero-order valence-electron chi connectivity index (χ0n) is 17.2. The van der Waals surface area contributed by atoms with E-state index in [2.05, 4.69) is 15.5 Å². The number of rotatable bonds is 8. The van der Waals surface area contributed by atoms with Gasteiger partial charge in [-0.05, 0) is 29.8 Å². The minimum absolute atomic E-state index is 0.200. The number of hydrogen-bond donors (Lipinski definition) is 1. The van der Waals surface area contributed by atoms with Gasteiger partial charge in [-0.1, -0.05) is 60.7 Å². The molecule has 0 unspecified atom stereocenters. The summed E-state index contributed by atoms with van der Waals surface area (Å²) >= 11 is 0. The van der Waals surface area contributed by atoms with Gasteiger partial charge in [0.05, 0.1) is 24.4 Å². The highest BCUT2D eigenvalue weighted by atomic mass is 16.5. The maximum absolute atomic E-state index is 12.9. The Morgan fingerprint density at radius 2 is 1.68 bits per heavy atom. The van der Waals surface area contributed by atoms with E-state index in [-0.39, 0.29) is 12.5 Å². The van der Waals surface area contributed by atoms with Gasteiger partial charge in [-0.25, -0.2) is 0 Å². The molecule has 1 heterocycles. The van der Waals surface area contributed by atoms with Gasteiger partial charge in [-0.15, -0.1) is 10.2 Å². The minimum Gasteiger partial charge on any atom is -0.493 e. The van der Waals surface area contributed by atoms with Gasteiger partial charge in [0.25, 0.3) is 5.91 Å². The van der Waals surface area contributed by atoms with Crippen LogP contribution in [0.3, 0.4) is 0 Å². The largest absolute Gasteiger partial charge is 0.493 e. The van der Waals surface area contributed by atoms with Crippen LogP contribution in [0.15, 0.2) is 78.9 Å². The number of nitrogens with one attached hydrogen (secondary N) is 1. The van der Waals surface area contributed by atoms with E-state index in [9.17, 15) is 4.79 Å². The van der Waals surface area contributed by atoms with Crippen molar-refractivity contribution in [2.45, 2.75) is 6.92 Å². The zero-order valence-corrected chi connectivity index (χ0v) is 17.2. The lowest BCUT2D eigenvalue weighted by Crippen LogP contribution is -2.28. The Balaban J connectivity index is 1.37. The van der Waals surface area contributed by atoms with E-state index in [4.69, 9.17) is 9.47 Å². The van der Waals surface area contributed by atoms with E-state index < -0.39 is 0 Å². The summed E-state index contributed by atoms with van der Waals surface area (Å²) in [5.74, 6) is 0.783. The van der Waals surface area contributed by atoms with Gasteiger partial charge in [0, 0.05) is 11.6 Å². The summed E-state index contributed by atoms with van der Waals surface area (Å²) < 4.78 is 11.3. The lowest BCUT2D eigenvalue weighted by atomic mass is 10.0. The quantitative estimate of drug-likeness (QED) is 0.431. The van der Waals surface area contributed by atoms with Crippen LogP contribution < -0.4 is 14.8 Å². The predicted molar refractivity (Wildman–Crippen MR) is 120 cm³/mol. The molecule has 4 rings (SSSR count). The van der Waals surface area contributed by atoms with Crippen molar-refractivity contribution in [2.24, 2.45) is 0 Å². The van der Waals surface area contributed by atoms with Gasteiger partial charge in [0.1, 0.15) is 12.4 Å². The summed E-state index contributed by atoms with van der Waals surface area (Å²) in [5.41, 5.74) is 2.31. The molecule has 6 nitrogen and oxygen atoms in total. The third-order valence-electron chi connectivity index (χ3n) is 4.76. The summed E-state index contributed by atoms with van der Waals surface area (Å²) in [4.78, 5) is 12.9. The summed E-state index contributed by atoms with van der Waals surface area (Å²) in [6.07, 6.45) is 0. The van der Waals surface area contributed by atoms with Gasteiger partial charge in [0.15, 0.2) is 0 Å². The fourth-order valence-corrected chi connectivity index (χ4v) is 3.33. The first-order chi connectivity index (χ1) is 15.3. The van der Waals surface area contributed by atoms with Crippen LogP contribution in [0.4, 0.5) is 0 Å². The Kier molecular flexibility index (Phi) is 6.38. The third kappa shape index (κ3) is 4.80. The van der Waals surface area contributed by atoms with E-state index in [1.165, 1.54) is 0 Å². The van der Waals surface area contributed by atoms with E-state index in [1.807, 2.05) is 79.7 Å². The normalized spacial score (nSPS) is 10.6. The van der Waals surface area contributed by atoms with Gasteiger partial charge >= 0.3 is 0 Å². The van der Waals surface area contributed by atoms with Crippen LogP contribution in [0.5, 0.6) is 11.6 Å². The lowest BCUT2D eigenvalue weighted by molar-refractivity contribution is 0.0944. The number of carbonyl (C=O) groups excluding carboxylic acids is 1. The van der Waals surface area contributed by atoms with Crippen LogP contribution >= 0.6 is 0 Å².